The van der Waals surface area contributed by atoms with Crippen LogP contribution in [0.25, 0.3) is 11.0 Å². The molecule has 0 aliphatic carbocycles. The van der Waals surface area contributed by atoms with E-state index >= 15 is 0 Å². The van der Waals surface area contributed by atoms with Gasteiger partial charge in [-0.1, -0.05) is 30.3 Å². The maximum Gasteiger partial charge on any atom is 0.349 e. The third-order valence-electron chi connectivity index (χ3n) is 3.70. The first-order chi connectivity index (χ1) is 11.6. The summed E-state index contributed by atoms with van der Waals surface area (Å²) in [4.78, 5) is 24.0. The molecule has 0 radical (unpaired) electrons. The number of amides is 1. The molecule has 0 aliphatic heterocycles. The number of hydrogen-bond acceptors (Lipinski definition) is 3. The quantitative estimate of drug-likeness (QED) is 0.578. The van der Waals surface area contributed by atoms with Gasteiger partial charge < -0.3 is 9.73 Å². The molecule has 1 N–H and O–H groups in total. The van der Waals surface area contributed by atoms with Gasteiger partial charge in [-0.3, -0.25) is 4.79 Å². The molecule has 0 atom stereocenters. The van der Waals surface area contributed by atoms with Crippen LogP contribution in [-0.2, 0) is 6.42 Å². The highest BCUT2D eigenvalue weighted by Crippen LogP contribution is 2.12. The Hall–Kier alpha value is -2.95. The van der Waals surface area contributed by atoms with Crippen molar-refractivity contribution in [2.45, 2.75) is 12.8 Å². The first-order valence-electron chi connectivity index (χ1n) is 7.69. The van der Waals surface area contributed by atoms with Gasteiger partial charge in [0.1, 0.15) is 17.0 Å². The van der Waals surface area contributed by atoms with Gasteiger partial charge in [-0.05, 0) is 42.7 Å². The molecule has 0 saturated heterocycles. The highest BCUT2D eigenvalue weighted by molar-refractivity contribution is 5.96. The summed E-state index contributed by atoms with van der Waals surface area (Å²) in [7, 11) is 0. The number of para-hydroxylation sites is 1. The Morgan fingerprint density at radius 1 is 1.08 bits per heavy atom. The van der Waals surface area contributed by atoms with Gasteiger partial charge in [0, 0.05) is 11.9 Å². The maximum atomic E-state index is 13.1. The summed E-state index contributed by atoms with van der Waals surface area (Å²) in [6.07, 6.45) is 1.29. The molecule has 0 saturated carbocycles. The zero-order valence-corrected chi connectivity index (χ0v) is 12.9. The van der Waals surface area contributed by atoms with E-state index in [-0.39, 0.29) is 11.4 Å². The van der Waals surface area contributed by atoms with Crippen LogP contribution in [0.5, 0.6) is 0 Å². The fourth-order valence-electron chi connectivity index (χ4n) is 2.50. The summed E-state index contributed by atoms with van der Waals surface area (Å²) in [5, 5.41) is 3.39. The molecule has 5 heteroatoms. The first-order valence-corrected chi connectivity index (χ1v) is 7.69. The molecule has 0 unspecified atom stereocenters. The van der Waals surface area contributed by atoms with Crippen LogP contribution < -0.4 is 10.9 Å². The number of aryl methyl sites for hydroxylation is 1. The Bertz CT molecular complexity index is 933. The molecule has 0 bridgehead atoms. The fraction of sp³-hybridized carbons (Fsp3) is 0.158. The van der Waals surface area contributed by atoms with Gasteiger partial charge >= 0.3 is 5.63 Å². The standard InChI is InChI=1S/C19H16FNO3/c20-15-8-3-5-13(11-15)6-4-10-21-18(22)16-12-14-7-1-2-9-17(14)24-19(16)23/h1-3,5,7-9,11-12H,4,6,10H2,(H,21,22). The van der Waals surface area contributed by atoms with Crippen molar-refractivity contribution in [1.82, 2.24) is 5.32 Å². The van der Waals surface area contributed by atoms with Gasteiger partial charge in [0.05, 0.1) is 0 Å². The summed E-state index contributed by atoms with van der Waals surface area (Å²) >= 11 is 0. The number of hydrogen-bond donors (Lipinski definition) is 1. The smallest absolute Gasteiger partial charge is 0.349 e. The topological polar surface area (TPSA) is 59.3 Å². The zero-order chi connectivity index (χ0) is 16.9. The zero-order valence-electron chi connectivity index (χ0n) is 12.9. The third-order valence-corrected chi connectivity index (χ3v) is 3.70. The molecule has 0 spiro atoms. The monoisotopic (exact) mass is 325 g/mol. The highest BCUT2D eigenvalue weighted by Gasteiger charge is 2.12. The lowest BCUT2D eigenvalue weighted by Gasteiger charge is -2.05. The summed E-state index contributed by atoms with van der Waals surface area (Å²) in [5.41, 5.74) is 0.649. The van der Waals surface area contributed by atoms with Crippen molar-refractivity contribution in [1.29, 1.82) is 0 Å². The van der Waals surface area contributed by atoms with Crippen molar-refractivity contribution in [3.63, 3.8) is 0 Å². The number of halogens is 1. The number of benzene rings is 2. The number of fused-ring (bicyclic) bond motifs is 1. The van der Waals surface area contributed by atoms with Crippen LogP contribution in [-0.4, -0.2) is 12.5 Å². The van der Waals surface area contributed by atoms with Crippen LogP contribution in [0, 0.1) is 5.82 Å². The van der Waals surface area contributed by atoms with Crippen molar-refractivity contribution < 1.29 is 13.6 Å². The summed E-state index contributed by atoms with van der Waals surface area (Å²) in [6, 6.07) is 14.9. The Balaban J connectivity index is 1.61. The molecule has 4 nitrogen and oxygen atoms in total. The summed E-state index contributed by atoms with van der Waals surface area (Å²) < 4.78 is 18.2. The number of carbonyl (C=O) groups excluding carboxylic acids is 1. The molecule has 24 heavy (non-hydrogen) atoms. The lowest BCUT2D eigenvalue weighted by molar-refractivity contribution is 0.0949. The van der Waals surface area contributed by atoms with E-state index in [1.165, 1.54) is 18.2 Å². The Kier molecular flexibility index (Phi) is 4.70. The Morgan fingerprint density at radius 3 is 2.75 bits per heavy atom. The van der Waals surface area contributed by atoms with Crippen molar-refractivity contribution in [2.75, 3.05) is 6.54 Å². The van der Waals surface area contributed by atoms with Crippen LogP contribution >= 0.6 is 0 Å². The molecule has 1 aromatic heterocycles. The second-order valence-electron chi connectivity index (χ2n) is 5.47. The molecule has 3 rings (SSSR count). The molecule has 2 aromatic carbocycles. The predicted molar refractivity (Wildman–Crippen MR) is 89.5 cm³/mol. The van der Waals surface area contributed by atoms with Gasteiger partial charge in [-0.2, -0.15) is 0 Å². The van der Waals surface area contributed by atoms with Crippen LogP contribution in [0.1, 0.15) is 22.3 Å². The number of carbonyl (C=O) groups is 1. The number of rotatable bonds is 5. The molecule has 0 aliphatic rings. The van der Waals surface area contributed by atoms with E-state index in [0.29, 0.717) is 30.4 Å². The van der Waals surface area contributed by atoms with E-state index in [2.05, 4.69) is 5.32 Å². The lowest BCUT2D eigenvalue weighted by atomic mass is 10.1. The van der Waals surface area contributed by atoms with E-state index in [1.54, 1.807) is 24.3 Å². The number of nitrogens with one attached hydrogen (secondary N) is 1. The maximum absolute atomic E-state index is 13.1. The molecule has 1 heterocycles. The fourth-order valence-corrected chi connectivity index (χ4v) is 2.50. The van der Waals surface area contributed by atoms with Crippen LogP contribution in [0.4, 0.5) is 4.39 Å². The predicted octanol–water partition coefficient (Wildman–Crippen LogP) is 3.29. The van der Waals surface area contributed by atoms with Gasteiger partial charge in [0.2, 0.25) is 0 Å². The molecule has 3 aromatic rings. The average molecular weight is 325 g/mol. The van der Waals surface area contributed by atoms with E-state index in [0.717, 1.165) is 5.56 Å². The van der Waals surface area contributed by atoms with Crippen LogP contribution in [0.15, 0.2) is 63.8 Å². The van der Waals surface area contributed by atoms with E-state index in [1.807, 2.05) is 12.1 Å². The molecular weight excluding hydrogens is 309 g/mol. The van der Waals surface area contributed by atoms with Gasteiger partial charge in [0.25, 0.3) is 5.91 Å². The molecule has 0 fully saturated rings. The van der Waals surface area contributed by atoms with Crippen LogP contribution in [0.3, 0.4) is 0 Å². The summed E-state index contributed by atoms with van der Waals surface area (Å²) in [5.74, 6) is -0.737. The van der Waals surface area contributed by atoms with Gasteiger partial charge in [-0.15, -0.1) is 0 Å². The van der Waals surface area contributed by atoms with Crippen LogP contribution in [0.2, 0.25) is 0 Å². The van der Waals surface area contributed by atoms with E-state index in [4.69, 9.17) is 4.42 Å². The van der Waals surface area contributed by atoms with Crippen molar-refractivity contribution in [3.05, 3.63) is 82.0 Å². The van der Waals surface area contributed by atoms with Gasteiger partial charge in [0.15, 0.2) is 0 Å². The third kappa shape index (κ3) is 3.68. The minimum absolute atomic E-state index is 0.0144. The van der Waals surface area contributed by atoms with Crippen molar-refractivity contribution in [2.24, 2.45) is 0 Å². The minimum atomic E-state index is -0.656. The van der Waals surface area contributed by atoms with Crippen molar-refractivity contribution >= 4 is 16.9 Å². The first kappa shape index (κ1) is 15.9. The highest BCUT2D eigenvalue weighted by atomic mass is 19.1. The Labute approximate surface area is 137 Å². The van der Waals surface area contributed by atoms with Gasteiger partial charge in [-0.25, -0.2) is 9.18 Å². The van der Waals surface area contributed by atoms with Crippen molar-refractivity contribution in [3.8, 4) is 0 Å². The van der Waals surface area contributed by atoms with E-state index in [9.17, 15) is 14.0 Å². The normalized spacial score (nSPS) is 10.7. The average Bonchev–Trinajstić information content (AvgIpc) is 2.58. The summed E-state index contributed by atoms with van der Waals surface area (Å²) in [6.45, 7) is 0.390. The minimum Gasteiger partial charge on any atom is -0.422 e. The second kappa shape index (κ2) is 7.08. The second-order valence-corrected chi connectivity index (χ2v) is 5.47. The molecule has 122 valence electrons. The van der Waals surface area contributed by atoms with E-state index < -0.39 is 11.5 Å². The molecule has 1 amide bonds. The SMILES string of the molecule is O=C(NCCCc1cccc(F)c1)c1cc2ccccc2oc1=O. The largest absolute Gasteiger partial charge is 0.422 e. The lowest BCUT2D eigenvalue weighted by Crippen LogP contribution is -2.29. The molecular formula is C19H16FNO3. The Morgan fingerprint density at radius 2 is 1.92 bits per heavy atom.